The van der Waals surface area contributed by atoms with Crippen molar-refractivity contribution in [3.8, 4) is 11.1 Å². The number of alkyl carbamates (subject to hydrolysis) is 1. The second kappa shape index (κ2) is 10.4. The van der Waals surface area contributed by atoms with Crippen LogP contribution in [0.15, 0.2) is 60.9 Å². The van der Waals surface area contributed by atoms with Crippen molar-refractivity contribution in [2.24, 2.45) is 7.05 Å². The molecule has 0 aliphatic heterocycles. The third-order valence-electron chi connectivity index (χ3n) is 6.19. The maximum absolute atomic E-state index is 13.0. The Hall–Kier alpha value is -4.14. The molecular formula is C26H28N4O5. The minimum Gasteiger partial charge on any atom is -0.481 e. The first kappa shape index (κ1) is 24.0. The quantitative estimate of drug-likeness (QED) is 0.435. The molecule has 182 valence electrons. The number of amides is 2. The molecule has 1 heterocycles. The highest BCUT2D eigenvalue weighted by molar-refractivity contribution is 5.87. The van der Waals surface area contributed by atoms with Crippen LogP contribution in [0.4, 0.5) is 4.79 Å². The lowest BCUT2D eigenvalue weighted by Gasteiger charge is -2.22. The number of carbonyl (C=O) groups excluding carboxylic acids is 2. The van der Waals surface area contributed by atoms with Gasteiger partial charge in [0.25, 0.3) is 0 Å². The summed E-state index contributed by atoms with van der Waals surface area (Å²) in [5.74, 6) is -1.65. The minimum atomic E-state index is -1.08. The number of ether oxygens (including phenoxy) is 1. The highest BCUT2D eigenvalue weighted by Crippen LogP contribution is 2.44. The van der Waals surface area contributed by atoms with Crippen LogP contribution >= 0.6 is 0 Å². The number of carboxylic acid groups (broad SMARTS) is 1. The number of fused-ring (bicyclic) bond motifs is 3. The van der Waals surface area contributed by atoms with Gasteiger partial charge in [-0.2, -0.15) is 5.10 Å². The Bertz CT molecular complexity index is 1190. The first-order chi connectivity index (χ1) is 16.9. The Morgan fingerprint density at radius 1 is 1.06 bits per heavy atom. The van der Waals surface area contributed by atoms with Gasteiger partial charge in [-0.25, -0.2) is 4.79 Å². The second-order valence-electron chi connectivity index (χ2n) is 8.56. The number of rotatable bonds is 9. The van der Waals surface area contributed by atoms with Crippen LogP contribution < -0.4 is 10.6 Å². The molecule has 35 heavy (non-hydrogen) atoms. The zero-order valence-corrected chi connectivity index (χ0v) is 19.6. The Labute approximate surface area is 203 Å². The number of nitrogens with one attached hydrogen (secondary N) is 2. The number of aryl methyl sites for hydroxylation is 1. The van der Waals surface area contributed by atoms with Crippen LogP contribution in [0.5, 0.6) is 0 Å². The number of nitrogens with zero attached hydrogens (tertiary/aromatic N) is 2. The fourth-order valence-corrected chi connectivity index (χ4v) is 4.44. The third-order valence-corrected chi connectivity index (χ3v) is 6.19. The lowest BCUT2D eigenvalue weighted by Crippen LogP contribution is -2.45. The molecule has 2 amide bonds. The van der Waals surface area contributed by atoms with Crippen LogP contribution in [0.25, 0.3) is 11.1 Å². The van der Waals surface area contributed by atoms with Crippen molar-refractivity contribution in [2.75, 3.05) is 6.61 Å². The fraction of sp³-hybridized carbons (Fsp3) is 0.308. The molecule has 0 fully saturated rings. The molecule has 0 spiro atoms. The maximum Gasteiger partial charge on any atom is 0.408 e. The summed E-state index contributed by atoms with van der Waals surface area (Å²) in [6, 6.07) is 14.4. The van der Waals surface area contributed by atoms with Crippen molar-refractivity contribution in [1.82, 2.24) is 20.4 Å². The molecule has 4 rings (SSSR count). The van der Waals surface area contributed by atoms with Crippen LogP contribution in [0.3, 0.4) is 0 Å². The molecule has 0 bridgehead atoms. The zero-order chi connectivity index (χ0) is 24.9. The molecule has 9 nitrogen and oxygen atoms in total. The van der Waals surface area contributed by atoms with E-state index in [1.54, 1.807) is 20.2 Å². The minimum absolute atomic E-state index is 0.109. The summed E-state index contributed by atoms with van der Waals surface area (Å²) in [6.07, 6.45) is 2.57. The van der Waals surface area contributed by atoms with Crippen LogP contribution in [0, 0.1) is 0 Å². The van der Waals surface area contributed by atoms with Gasteiger partial charge in [-0.15, -0.1) is 0 Å². The molecule has 0 saturated carbocycles. The van der Waals surface area contributed by atoms with E-state index >= 15 is 0 Å². The highest BCUT2D eigenvalue weighted by Gasteiger charge is 2.31. The predicted molar refractivity (Wildman–Crippen MR) is 129 cm³/mol. The number of aromatic nitrogens is 2. The van der Waals surface area contributed by atoms with Crippen molar-refractivity contribution < 1.29 is 24.2 Å². The van der Waals surface area contributed by atoms with Crippen molar-refractivity contribution in [2.45, 2.75) is 37.8 Å². The third kappa shape index (κ3) is 5.34. The van der Waals surface area contributed by atoms with E-state index in [0.717, 1.165) is 22.3 Å². The van der Waals surface area contributed by atoms with Gasteiger partial charge in [0.15, 0.2) is 0 Å². The van der Waals surface area contributed by atoms with Gasteiger partial charge < -0.3 is 20.5 Å². The first-order valence-electron chi connectivity index (χ1n) is 11.5. The van der Waals surface area contributed by atoms with Crippen molar-refractivity contribution in [1.29, 1.82) is 0 Å². The standard InChI is InChI=1S/C26H28N4O5/c1-3-17(12-23(31)32)28-25(33)24(16-13-27-30(2)14-16)29-26(34)35-15-22-20-10-6-4-8-18(20)19-9-5-7-11-21(19)22/h4-11,13-14,17,22,24H,3,12,15H2,1-2H3,(H,28,33)(H,29,34)(H,31,32). The summed E-state index contributed by atoms with van der Waals surface area (Å²) in [6.45, 7) is 1.89. The van der Waals surface area contributed by atoms with Gasteiger partial charge in [0.2, 0.25) is 5.91 Å². The summed E-state index contributed by atoms with van der Waals surface area (Å²) in [5, 5.41) is 18.5. The normalized spacial score (nSPS) is 13.9. The molecule has 0 radical (unpaired) electrons. The van der Waals surface area contributed by atoms with Crippen LogP contribution in [0.1, 0.15) is 48.4 Å². The van der Waals surface area contributed by atoms with Crippen molar-refractivity contribution >= 4 is 18.0 Å². The van der Waals surface area contributed by atoms with Gasteiger partial charge in [-0.1, -0.05) is 55.5 Å². The number of hydrogen-bond acceptors (Lipinski definition) is 5. The van der Waals surface area contributed by atoms with Gasteiger partial charge in [-0.3, -0.25) is 14.3 Å². The summed E-state index contributed by atoms with van der Waals surface area (Å²) in [7, 11) is 1.70. The summed E-state index contributed by atoms with van der Waals surface area (Å²) >= 11 is 0. The monoisotopic (exact) mass is 476 g/mol. The highest BCUT2D eigenvalue weighted by atomic mass is 16.5. The number of carbonyl (C=O) groups is 3. The molecule has 2 atom stereocenters. The van der Waals surface area contributed by atoms with Gasteiger partial charge in [-0.05, 0) is 28.7 Å². The van der Waals surface area contributed by atoms with Crippen LogP contribution in [-0.2, 0) is 21.4 Å². The average molecular weight is 477 g/mol. The zero-order valence-electron chi connectivity index (χ0n) is 19.6. The van der Waals surface area contributed by atoms with Crippen molar-refractivity contribution in [3.05, 3.63) is 77.6 Å². The molecular weight excluding hydrogens is 448 g/mol. The Kier molecular flexibility index (Phi) is 7.14. The maximum atomic E-state index is 13.0. The molecule has 3 aromatic rings. The Balaban J connectivity index is 1.47. The van der Waals surface area contributed by atoms with E-state index < -0.39 is 30.1 Å². The lowest BCUT2D eigenvalue weighted by atomic mass is 9.98. The number of hydrogen-bond donors (Lipinski definition) is 3. The molecule has 1 aliphatic carbocycles. The smallest absolute Gasteiger partial charge is 0.408 e. The molecule has 0 saturated heterocycles. The number of benzene rings is 2. The average Bonchev–Trinajstić information content (AvgIpc) is 3.41. The van der Waals surface area contributed by atoms with E-state index in [1.807, 2.05) is 36.4 Å². The summed E-state index contributed by atoms with van der Waals surface area (Å²) in [4.78, 5) is 36.9. The summed E-state index contributed by atoms with van der Waals surface area (Å²) in [5.41, 5.74) is 4.87. The van der Waals surface area contributed by atoms with E-state index in [2.05, 4.69) is 27.9 Å². The molecule has 2 aromatic carbocycles. The second-order valence-corrected chi connectivity index (χ2v) is 8.56. The topological polar surface area (TPSA) is 123 Å². The van der Waals surface area contributed by atoms with E-state index in [9.17, 15) is 14.4 Å². The molecule has 1 aliphatic rings. The molecule has 1 aromatic heterocycles. The van der Waals surface area contributed by atoms with Gasteiger partial charge in [0.1, 0.15) is 12.6 Å². The van der Waals surface area contributed by atoms with E-state index in [1.165, 1.54) is 10.9 Å². The fourth-order valence-electron chi connectivity index (χ4n) is 4.44. The summed E-state index contributed by atoms with van der Waals surface area (Å²) < 4.78 is 7.11. The van der Waals surface area contributed by atoms with Crippen LogP contribution in [0.2, 0.25) is 0 Å². The molecule has 3 N–H and O–H groups in total. The van der Waals surface area contributed by atoms with Crippen LogP contribution in [-0.4, -0.2) is 45.5 Å². The SMILES string of the molecule is CCC(CC(=O)O)NC(=O)C(NC(=O)OCC1c2ccccc2-c2ccccc21)c1cnn(C)c1. The Morgan fingerprint density at radius 2 is 1.69 bits per heavy atom. The van der Waals surface area contributed by atoms with E-state index in [4.69, 9.17) is 9.84 Å². The van der Waals surface area contributed by atoms with Gasteiger partial charge in [0, 0.05) is 30.8 Å². The first-order valence-corrected chi connectivity index (χ1v) is 11.5. The number of aliphatic carboxylic acids is 1. The number of carboxylic acids is 1. The van der Waals surface area contributed by atoms with E-state index in [-0.39, 0.29) is 18.9 Å². The predicted octanol–water partition coefficient (Wildman–Crippen LogP) is 3.37. The lowest BCUT2D eigenvalue weighted by molar-refractivity contribution is -0.137. The van der Waals surface area contributed by atoms with Crippen molar-refractivity contribution in [3.63, 3.8) is 0 Å². The molecule has 2 unspecified atom stereocenters. The van der Waals surface area contributed by atoms with Gasteiger partial charge in [0.05, 0.1) is 12.6 Å². The molecule has 9 heteroatoms. The van der Waals surface area contributed by atoms with Gasteiger partial charge >= 0.3 is 12.1 Å². The van der Waals surface area contributed by atoms with E-state index in [0.29, 0.717) is 12.0 Å². The Morgan fingerprint density at radius 3 is 2.23 bits per heavy atom. The largest absolute Gasteiger partial charge is 0.481 e.